The molecule has 122 valence electrons. The second-order valence-corrected chi connectivity index (χ2v) is 7.18. The fraction of sp³-hybridized carbons (Fsp3) is 0.375. The van der Waals surface area contributed by atoms with Crippen molar-refractivity contribution < 1.29 is 9.72 Å². The molecular formula is C16H19N3O3S. The molecule has 0 radical (unpaired) electrons. The first-order valence-corrected chi connectivity index (χ1v) is 8.08. The third-order valence-electron chi connectivity index (χ3n) is 3.35. The van der Waals surface area contributed by atoms with Crippen LogP contribution in [0.2, 0.25) is 0 Å². The summed E-state index contributed by atoms with van der Waals surface area (Å²) in [6, 6.07) is 5.59. The summed E-state index contributed by atoms with van der Waals surface area (Å²) in [4.78, 5) is 27.3. The van der Waals surface area contributed by atoms with Crippen LogP contribution in [0.4, 0.5) is 5.69 Å². The molecule has 0 spiro atoms. The maximum absolute atomic E-state index is 12.3. The number of nitrogens with one attached hydrogen (secondary N) is 1. The largest absolute Gasteiger partial charge is 0.343 e. The molecule has 1 N–H and O–H groups in total. The zero-order chi connectivity index (χ0) is 17.2. The Labute approximate surface area is 138 Å². The summed E-state index contributed by atoms with van der Waals surface area (Å²) in [6.45, 7) is 8.03. The molecule has 0 saturated heterocycles. The van der Waals surface area contributed by atoms with Crippen LogP contribution in [0.3, 0.4) is 0 Å². The van der Waals surface area contributed by atoms with Gasteiger partial charge in [0.2, 0.25) is 0 Å². The molecular weight excluding hydrogens is 314 g/mol. The van der Waals surface area contributed by atoms with Gasteiger partial charge in [-0.1, -0.05) is 32.9 Å². The first kappa shape index (κ1) is 17.1. The molecule has 1 unspecified atom stereocenters. The van der Waals surface area contributed by atoms with Crippen LogP contribution in [-0.2, 0) is 5.41 Å². The number of benzene rings is 1. The average molecular weight is 333 g/mol. The van der Waals surface area contributed by atoms with Crippen molar-refractivity contribution in [3.63, 3.8) is 0 Å². The molecule has 0 aliphatic heterocycles. The molecule has 1 amide bonds. The van der Waals surface area contributed by atoms with Crippen LogP contribution in [-0.4, -0.2) is 15.8 Å². The number of nitro groups is 1. The number of para-hydroxylation sites is 1. The topological polar surface area (TPSA) is 85.1 Å². The van der Waals surface area contributed by atoms with Crippen molar-refractivity contribution >= 4 is 22.9 Å². The molecule has 0 aliphatic rings. The van der Waals surface area contributed by atoms with Crippen LogP contribution in [0.5, 0.6) is 0 Å². The van der Waals surface area contributed by atoms with E-state index in [1.165, 1.54) is 29.5 Å². The van der Waals surface area contributed by atoms with Crippen LogP contribution in [0.15, 0.2) is 29.6 Å². The molecule has 7 heteroatoms. The highest BCUT2D eigenvalue weighted by atomic mass is 32.1. The third-order valence-corrected chi connectivity index (χ3v) is 4.38. The molecule has 23 heavy (non-hydrogen) atoms. The molecule has 0 saturated carbocycles. The Morgan fingerprint density at radius 1 is 1.35 bits per heavy atom. The van der Waals surface area contributed by atoms with E-state index in [1.807, 2.05) is 12.3 Å². The van der Waals surface area contributed by atoms with Gasteiger partial charge in [-0.15, -0.1) is 11.3 Å². The Balaban J connectivity index is 2.17. The number of carbonyl (C=O) groups is 1. The number of nitro benzene ring substituents is 1. The fourth-order valence-electron chi connectivity index (χ4n) is 1.99. The van der Waals surface area contributed by atoms with Gasteiger partial charge in [-0.05, 0) is 13.0 Å². The van der Waals surface area contributed by atoms with Crippen molar-refractivity contribution in [2.24, 2.45) is 0 Å². The van der Waals surface area contributed by atoms with Gasteiger partial charge in [0.1, 0.15) is 10.6 Å². The first-order chi connectivity index (χ1) is 10.7. The zero-order valence-corrected chi connectivity index (χ0v) is 14.3. The highest BCUT2D eigenvalue weighted by Crippen LogP contribution is 2.27. The predicted molar refractivity (Wildman–Crippen MR) is 89.8 cm³/mol. The molecule has 1 heterocycles. The summed E-state index contributed by atoms with van der Waals surface area (Å²) in [5, 5.41) is 16.5. The molecule has 1 aromatic heterocycles. The zero-order valence-electron chi connectivity index (χ0n) is 13.5. The van der Waals surface area contributed by atoms with Gasteiger partial charge < -0.3 is 5.32 Å². The van der Waals surface area contributed by atoms with Crippen LogP contribution < -0.4 is 5.32 Å². The van der Waals surface area contributed by atoms with E-state index in [9.17, 15) is 14.9 Å². The van der Waals surface area contributed by atoms with Crippen molar-refractivity contribution in [1.82, 2.24) is 10.3 Å². The van der Waals surface area contributed by atoms with Gasteiger partial charge in [0.25, 0.3) is 11.6 Å². The Kier molecular flexibility index (Phi) is 4.79. The van der Waals surface area contributed by atoms with Crippen LogP contribution in [0.25, 0.3) is 0 Å². The monoisotopic (exact) mass is 333 g/mol. The average Bonchev–Trinajstić information content (AvgIpc) is 2.97. The minimum atomic E-state index is -0.555. The number of amides is 1. The van der Waals surface area contributed by atoms with Crippen molar-refractivity contribution in [2.75, 3.05) is 0 Å². The molecule has 0 fully saturated rings. The molecule has 6 nitrogen and oxygen atoms in total. The highest BCUT2D eigenvalue weighted by molar-refractivity contribution is 7.09. The van der Waals surface area contributed by atoms with Gasteiger partial charge >= 0.3 is 0 Å². The van der Waals surface area contributed by atoms with Crippen LogP contribution in [0, 0.1) is 10.1 Å². The summed E-state index contributed by atoms with van der Waals surface area (Å²) in [6.07, 6.45) is 0. The van der Waals surface area contributed by atoms with E-state index in [2.05, 4.69) is 31.1 Å². The van der Waals surface area contributed by atoms with Gasteiger partial charge in [0.15, 0.2) is 0 Å². The number of rotatable bonds is 4. The lowest BCUT2D eigenvalue weighted by Crippen LogP contribution is -2.27. The number of aromatic nitrogens is 1. The SMILES string of the molecule is CC(NC(=O)c1ccccc1[N+](=O)[O-])c1nc(C(C)(C)C)cs1. The minimum Gasteiger partial charge on any atom is -0.343 e. The summed E-state index contributed by atoms with van der Waals surface area (Å²) >= 11 is 1.47. The molecule has 0 aliphatic carbocycles. The standard InChI is InChI=1S/C16H19N3O3S/c1-10(15-18-13(9-23-15)16(2,3)4)17-14(20)11-7-5-6-8-12(11)19(21)22/h5-10H,1-4H3,(H,17,20). The maximum atomic E-state index is 12.3. The van der Waals surface area contributed by atoms with E-state index < -0.39 is 10.8 Å². The van der Waals surface area contributed by atoms with Crippen molar-refractivity contribution in [3.05, 3.63) is 56.0 Å². The Morgan fingerprint density at radius 3 is 2.57 bits per heavy atom. The number of hydrogen-bond acceptors (Lipinski definition) is 5. The van der Waals surface area contributed by atoms with Crippen molar-refractivity contribution in [1.29, 1.82) is 0 Å². The maximum Gasteiger partial charge on any atom is 0.282 e. The minimum absolute atomic E-state index is 0.0527. The van der Waals surface area contributed by atoms with Crippen LogP contribution in [0.1, 0.15) is 54.8 Å². The van der Waals surface area contributed by atoms with E-state index >= 15 is 0 Å². The van der Waals surface area contributed by atoms with E-state index in [-0.39, 0.29) is 22.7 Å². The Morgan fingerprint density at radius 2 is 2.00 bits per heavy atom. The van der Waals surface area contributed by atoms with Gasteiger partial charge in [-0.3, -0.25) is 14.9 Å². The summed E-state index contributed by atoms with van der Waals surface area (Å²) in [5.41, 5.74) is 0.754. The van der Waals surface area contributed by atoms with Gasteiger partial charge in [0.05, 0.1) is 16.7 Å². The molecule has 1 aromatic carbocycles. The number of hydrogen-bond donors (Lipinski definition) is 1. The number of nitrogens with zero attached hydrogens (tertiary/aromatic N) is 2. The number of thiazole rings is 1. The fourth-order valence-corrected chi connectivity index (χ4v) is 3.04. The van der Waals surface area contributed by atoms with Gasteiger partial charge in [-0.2, -0.15) is 0 Å². The normalized spacial score (nSPS) is 12.7. The summed E-state index contributed by atoms with van der Waals surface area (Å²) < 4.78 is 0. The van der Waals surface area contributed by atoms with E-state index in [1.54, 1.807) is 6.07 Å². The second-order valence-electron chi connectivity index (χ2n) is 6.29. The first-order valence-electron chi connectivity index (χ1n) is 7.20. The number of carbonyl (C=O) groups excluding carboxylic acids is 1. The van der Waals surface area contributed by atoms with E-state index in [4.69, 9.17) is 0 Å². The summed E-state index contributed by atoms with van der Waals surface area (Å²) in [5.74, 6) is -0.475. The third kappa shape index (κ3) is 3.92. The molecule has 1 atom stereocenters. The molecule has 2 aromatic rings. The predicted octanol–water partition coefficient (Wildman–Crippen LogP) is 3.84. The van der Waals surface area contributed by atoms with Crippen LogP contribution >= 0.6 is 11.3 Å². The Hall–Kier alpha value is -2.28. The van der Waals surface area contributed by atoms with Gasteiger partial charge in [-0.25, -0.2) is 4.98 Å². The van der Waals surface area contributed by atoms with E-state index in [0.29, 0.717) is 0 Å². The van der Waals surface area contributed by atoms with Crippen molar-refractivity contribution in [3.8, 4) is 0 Å². The second kappa shape index (κ2) is 6.45. The van der Waals surface area contributed by atoms with Gasteiger partial charge in [0, 0.05) is 16.9 Å². The highest BCUT2D eigenvalue weighted by Gasteiger charge is 2.23. The van der Waals surface area contributed by atoms with Crippen molar-refractivity contribution in [2.45, 2.75) is 39.2 Å². The van der Waals surface area contributed by atoms with E-state index in [0.717, 1.165) is 10.7 Å². The molecule has 0 bridgehead atoms. The lowest BCUT2D eigenvalue weighted by molar-refractivity contribution is -0.385. The summed E-state index contributed by atoms with van der Waals surface area (Å²) in [7, 11) is 0. The lowest BCUT2D eigenvalue weighted by Gasteiger charge is -2.15. The smallest absolute Gasteiger partial charge is 0.282 e. The lowest BCUT2D eigenvalue weighted by atomic mass is 9.93. The Bertz CT molecular complexity index is 734. The molecule has 2 rings (SSSR count). The quantitative estimate of drug-likeness (QED) is 0.680.